The number of piperidine rings is 1. The maximum Gasteiger partial charge on any atom is 0.407 e. The zero-order valence-corrected chi connectivity index (χ0v) is 23.0. The summed E-state index contributed by atoms with van der Waals surface area (Å²) >= 11 is 0. The number of pyridine rings is 1. The lowest BCUT2D eigenvalue weighted by atomic mass is 9.85. The smallest absolute Gasteiger partial charge is 0.407 e. The minimum atomic E-state index is -0.943. The normalized spacial score (nSPS) is 23.5. The molecule has 4 aromatic heterocycles. The summed E-state index contributed by atoms with van der Waals surface area (Å²) in [5.74, 6) is 0.0398. The Balaban J connectivity index is 1.23. The number of H-pyrrole nitrogens is 1. The van der Waals surface area contributed by atoms with Crippen LogP contribution < -0.4 is 5.73 Å². The summed E-state index contributed by atoms with van der Waals surface area (Å²) < 4.78 is 1.49. The maximum absolute atomic E-state index is 13.1. The van der Waals surface area contributed by atoms with Crippen LogP contribution in [0, 0.1) is 0 Å². The van der Waals surface area contributed by atoms with Crippen molar-refractivity contribution in [3.05, 3.63) is 53.6 Å². The molecule has 14 heteroatoms. The van der Waals surface area contributed by atoms with Crippen LogP contribution in [0.15, 0.2) is 30.9 Å². The molecule has 0 saturated carbocycles. The Morgan fingerprint density at radius 2 is 1.86 bits per heavy atom. The molecule has 42 heavy (non-hydrogen) atoms. The van der Waals surface area contributed by atoms with Gasteiger partial charge in [-0.2, -0.15) is 14.7 Å². The number of aromatic amines is 1. The maximum atomic E-state index is 13.1. The zero-order valence-electron chi connectivity index (χ0n) is 23.0. The second-order valence-electron chi connectivity index (χ2n) is 11.3. The minimum absolute atomic E-state index is 0.00695. The molecule has 4 atom stereocenters. The predicted octanol–water partition coefficient (Wildman–Crippen LogP) is 3.06. The molecule has 0 radical (unpaired) electrons. The highest BCUT2D eigenvalue weighted by molar-refractivity contribution is 6.00. The third-order valence-corrected chi connectivity index (χ3v) is 8.97. The minimum Gasteiger partial charge on any atom is -0.465 e. The van der Waals surface area contributed by atoms with Crippen LogP contribution in [0.25, 0.3) is 16.8 Å². The summed E-state index contributed by atoms with van der Waals surface area (Å²) in [6, 6.07) is 3.45. The first kappa shape index (κ1) is 26.0. The number of rotatable bonds is 5. The number of hydrogen-bond acceptors (Lipinski definition) is 9. The Bertz CT molecular complexity index is 1690. The van der Waals surface area contributed by atoms with E-state index >= 15 is 0 Å². The van der Waals surface area contributed by atoms with E-state index in [-0.39, 0.29) is 47.4 Å². The molecule has 3 aliphatic heterocycles. The van der Waals surface area contributed by atoms with Gasteiger partial charge < -0.3 is 15.7 Å². The number of Topliss-reactive ketones (excluding diaryl/α,β-unsaturated/α-hetero) is 1. The Morgan fingerprint density at radius 3 is 2.50 bits per heavy atom. The number of nitrogens with zero attached hydrogens (tertiary/aromatic N) is 8. The number of fused-ring (bicyclic) bond motifs is 3. The zero-order chi connectivity index (χ0) is 29.1. The predicted molar refractivity (Wildman–Crippen MR) is 149 cm³/mol. The Labute approximate surface area is 240 Å². The van der Waals surface area contributed by atoms with Gasteiger partial charge in [-0.3, -0.25) is 24.6 Å². The molecule has 2 amide bonds. The monoisotopic (exact) mass is 570 g/mol. The van der Waals surface area contributed by atoms with Crippen LogP contribution >= 0.6 is 0 Å². The van der Waals surface area contributed by atoms with E-state index < -0.39 is 6.09 Å². The molecular weight excluding hydrogens is 540 g/mol. The topological polar surface area (TPSA) is 189 Å². The number of carboxylic acid groups (broad SMARTS) is 1. The number of nitrogen functional groups attached to an aromatic ring is 1. The van der Waals surface area contributed by atoms with Gasteiger partial charge >= 0.3 is 6.09 Å². The number of aromatic nitrogens is 7. The van der Waals surface area contributed by atoms with E-state index in [4.69, 9.17) is 10.7 Å². The van der Waals surface area contributed by atoms with E-state index in [0.717, 1.165) is 31.2 Å². The van der Waals surface area contributed by atoms with E-state index in [1.165, 1.54) is 22.7 Å². The molecule has 7 heterocycles. The van der Waals surface area contributed by atoms with Crippen LogP contribution in [-0.2, 0) is 0 Å². The molecule has 3 aliphatic rings. The third kappa shape index (κ3) is 4.08. The summed E-state index contributed by atoms with van der Waals surface area (Å²) in [6.45, 7) is 1.98. The fourth-order valence-electron chi connectivity index (χ4n) is 7.12. The van der Waals surface area contributed by atoms with E-state index in [0.29, 0.717) is 47.5 Å². The number of anilines is 1. The SMILES string of the molecule is CC(=O)c1c(C2C[C@H]3CC[C@@H](C2)N3C(=O)c2ncn[nH]2)nc2c(-c3ccc(C4CCCN4C(=O)O)nc3)cnn2c1N. The number of carbonyl (C=O) groups is 3. The second kappa shape index (κ2) is 9.89. The lowest BCUT2D eigenvalue weighted by molar-refractivity contribution is 0.0556. The summed E-state index contributed by atoms with van der Waals surface area (Å²) in [6.07, 6.45) is 8.31. The van der Waals surface area contributed by atoms with Gasteiger partial charge in [0.05, 0.1) is 29.2 Å². The van der Waals surface area contributed by atoms with Gasteiger partial charge in [0.25, 0.3) is 5.91 Å². The first-order valence-electron chi connectivity index (χ1n) is 14.1. The molecule has 2 bridgehead atoms. The van der Waals surface area contributed by atoms with Crippen molar-refractivity contribution in [2.75, 3.05) is 12.3 Å². The van der Waals surface area contributed by atoms with E-state index in [1.807, 2.05) is 17.0 Å². The standard InChI is InChI=1S/C28H30N10O4/c1-14(39)22-23(16-9-17-5-6-18(10-16)37(17)27(40)25-31-13-32-35-25)34-26-19(12-33-38(26)24(22)29)15-4-7-20(30-11-15)21-3-2-8-36(21)28(41)42/h4,7,11-13,16-18,21H,2-3,5-6,8-10,29H2,1H3,(H,41,42)(H,31,32,35)/t16?,17-,18+,21?. The van der Waals surface area contributed by atoms with Gasteiger partial charge in [0.2, 0.25) is 5.82 Å². The number of hydrogen-bond donors (Lipinski definition) is 3. The van der Waals surface area contributed by atoms with E-state index in [9.17, 15) is 19.5 Å². The molecule has 2 unspecified atom stereocenters. The fraction of sp³-hybridized carbons (Fsp3) is 0.429. The summed E-state index contributed by atoms with van der Waals surface area (Å²) in [5.41, 5.74) is 10.2. The summed E-state index contributed by atoms with van der Waals surface area (Å²) in [4.78, 5) is 54.7. The number of amides is 2. The van der Waals surface area contributed by atoms with Crippen molar-refractivity contribution in [3.63, 3.8) is 0 Å². The van der Waals surface area contributed by atoms with Crippen molar-refractivity contribution >= 4 is 29.2 Å². The highest BCUT2D eigenvalue weighted by Gasteiger charge is 2.46. The van der Waals surface area contributed by atoms with Crippen LogP contribution in [0.4, 0.5) is 10.6 Å². The molecule has 0 spiro atoms. The molecular formula is C28H30N10O4. The van der Waals surface area contributed by atoms with Gasteiger partial charge in [0.1, 0.15) is 12.1 Å². The molecule has 4 N–H and O–H groups in total. The van der Waals surface area contributed by atoms with Gasteiger partial charge in [0.15, 0.2) is 11.4 Å². The Hall–Kier alpha value is -4.88. The van der Waals surface area contributed by atoms with Gasteiger partial charge in [-0.1, -0.05) is 6.07 Å². The molecule has 4 aromatic rings. The summed E-state index contributed by atoms with van der Waals surface area (Å²) in [5, 5.41) is 20.5. The molecule has 3 saturated heterocycles. The quantitative estimate of drug-likeness (QED) is 0.301. The Kier molecular flexibility index (Phi) is 6.13. The molecule has 3 fully saturated rings. The highest BCUT2D eigenvalue weighted by Crippen LogP contribution is 2.45. The number of nitrogens with one attached hydrogen (secondary N) is 1. The molecule has 7 rings (SSSR count). The number of likely N-dealkylation sites (tertiary alicyclic amines) is 1. The van der Waals surface area contributed by atoms with Crippen LogP contribution in [0.3, 0.4) is 0 Å². The van der Waals surface area contributed by atoms with Gasteiger partial charge in [0, 0.05) is 41.9 Å². The highest BCUT2D eigenvalue weighted by atomic mass is 16.4. The number of ketones is 1. The van der Waals surface area contributed by atoms with Crippen molar-refractivity contribution in [3.8, 4) is 11.1 Å². The van der Waals surface area contributed by atoms with Gasteiger partial charge in [-0.15, -0.1) is 0 Å². The van der Waals surface area contributed by atoms with Crippen LogP contribution in [0.5, 0.6) is 0 Å². The lowest BCUT2D eigenvalue weighted by Crippen LogP contribution is -2.46. The molecule has 14 nitrogen and oxygen atoms in total. The fourth-order valence-corrected chi connectivity index (χ4v) is 7.12. The van der Waals surface area contributed by atoms with E-state index in [1.54, 1.807) is 12.4 Å². The molecule has 216 valence electrons. The third-order valence-electron chi connectivity index (χ3n) is 8.97. The van der Waals surface area contributed by atoms with Crippen molar-refractivity contribution < 1.29 is 19.5 Å². The second-order valence-corrected chi connectivity index (χ2v) is 11.3. The van der Waals surface area contributed by atoms with Gasteiger partial charge in [-0.05, 0) is 51.5 Å². The number of carbonyl (C=O) groups excluding carboxylic acids is 2. The first-order chi connectivity index (χ1) is 20.3. The van der Waals surface area contributed by atoms with Crippen LogP contribution in [-0.4, -0.2) is 86.1 Å². The molecule has 0 aliphatic carbocycles. The Morgan fingerprint density at radius 1 is 1.07 bits per heavy atom. The van der Waals surface area contributed by atoms with E-state index in [2.05, 4.69) is 25.3 Å². The average Bonchev–Trinajstić information content (AvgIpc) is 3.78. The first-order valence-corrected chi connectivity index (χ1v) is 14.1. The van der Waals surface area contributed by atoms with Crippen LogP contribution in [0.2, 0.25) is 0 Å². The average molecular weight is 571 g/mol. The summed E-state index contributed by atoms with van der Waals surface area (Å²) in [7, 11) is 0. The molecule has 0 aromatic carbocycles. The van der Waals surface area contributed by atoms with Crippen molar-refractivity contribution in [1.29, 1.82) is 0 Å². The van der Waals surface area contributed by atoms with Crippen molar-refractivity contribution in [2.24, 2.45) is 0 Å². The van der Waals surface area contributed by atoms with Crippen LogP contribution in [0.1, 0.15) is 89.8 Å². The van der Waals surface area contributed by atoms with Gasteiger partial charge in [-0.25, -0.2) is 14.8 Å². The largest absolute Gasteiger partial charge is 0.465 e. The lowest BCUT2D eigenvalue weighted by Gasteiger charge is -2.38. The van der Waals surface area contributed by atoms with Crippen molar-refractivity contribution in [2.45, 2.75) is 69.5 Å². The number of nitrogens with two attached hydrogens (primary N) is 1. The van der Waals surface area contributed by atoms with Crippen molar-refractivity contribution in [1.82, 2.24) is 44.6 Å².